The van der Waals surface area contributed by atoms with Crippen molar-refractivity contribution in [2.75, 3.05) is 5.32 Å². The highest BCUT2D eigenvalue weighted by molar-refractivity contribution is 7.17. The van der Waals surface area contributed by atoms with Gasteiger partial charge >= 0.3 is 12.0 Å². The number of esters is 1. The van der Waals surface area contributed by atoms with Gasteiger partial charge in [-0.1, -0.05) is 0 Å². The fourth-order valence-corrected chi connectivity index (χ4v) is 7.76. The van der Waals surface area contributed by atoms with Crippen LogP contribution in [0.25, 0.3) is 10.4 Å². The summed E-state index contributed by atoms with van der Waals surface area (Å²) in [5.74, 6) is -0.771. The molecule has 3 aromatic rings. The van der Waals surface area contributed by atoms with Gasteiger partial charge in [0.25, 0.3) is 0 Å². The van der Waals surface area contributed by atoms with E-state index in [1.807, 2.05) is 20.8 Å². The number of halogens is 1. The Labute approximate surface area is 224 Å². The molecule has 0 spiro atoms. The van der Waals surface area contributed by atoms with Crippen molar-refractivity contribution >= 4 is 39.7 Å². The van der Waals surface area contributed by atoms with E-state index in [2.05, 4.69) is 15.6 Å². The molecule has 0 atom stereocenters. The molecule has 2 amide bonds. The zero-order valence-corrected chi connectivity index (χ0v) is 23.1. The minimum Gasteiger partial charge on any atom is -0.456 e. The van der Waals surface area contributed by atoms with Crippen molar-refractivity contribution in [1.82, 2.24) is 10.3 Å². The average molecular weight is 542 g/mol. The molecule has 0 radical (unpaired) electrons. The Morgan fingerprint density at radius 1 is 1.00 bits per heavy atom. The minimum absolute atomic E-state index is 0.316. The van der Waals surface area contributed by atoms with Crippen LogP contribution in [0.4, 0.5) is 14.2 Å². The summed E-state index contributed by atoms with van der Waals surface area (Å²) in [6.45, 7) is 5.85. The van der Waals surface area contributed by atoms with Gasteiger partial charge in [0.05, 0.1) is 11.8 Å². The molecule has 0 bridgehead atoms. The second-order valence-corrected chi connectivity index (χ2v) is 12.8. The highest BCUT2D eigenvalue weighted by Gasteiger charge is 2.30. The van der Waals surface area contributed by atoms with Gasteiger partial charge in [-0.3, -0.25) is 10.3 Å². The van der Waals surface area contributed by atoms with Crippen LogP contribution in [-0.4, -0.2) is 22.6 Å². The summed E-state index contributed by atoms with van der Waals surface area (Å²) in [7, 11) is 0. The summed E-state index contributed by atoms with van der Waals surface area (Å²) < 4.78 is 19.6. The zero-order chi connectivity index (χ0) is 26.2. The number of aromatic nitrogens is 1. The topological polar surface area (TPSA) is 80.3 Å². The number of carbonyl (C=O) groups is 2. The molecule has 0 fully saturated rings. The van der Waals surface area contributed by atoms with E-state index in [0.717, 1.165) is 77.8 Å². The molecule has 37 heavy (non-hydrogen) atoms. The van der Waals surface area contributed by atoms with Gasteiger partial charge in [0.15, 0.2) is 0 Å². The van der Waals surface area contributed by atoms with Crippen LogP contribution in [0.3, 0.4) is 0 Å². The van der Waals surface area contributed by atoms with Crippen LogP contribution in [0.15, 0.2) is 18.5 Å². The number of rotatable bonds is 5. The molecule has 0 saturated carbocycles. The first kappa shape index (κ1) is 25.9. The van der Waals surface area contributed by atoms with E-state index in [1.165, 1.54) is 34.0 Å². The van der Waals surface area contributed by atoms with Gasteiger partial charge < -0.3 is 10.1 Å². The number of aryl methyl sites for hydroxylation is 2. The molecular formula is C28H32FN3O3S2. The number of nitrogens with zero attached hydrogens (tertiary/aromatic N) is 1. The van der Waals surface area contributed by atoms with Crippen molar-refractivity contribution in [1.29, 1.82) is 0 Å². The van der Waals surface area contributed by atoms with Crippen molar-refractivity contribution in [2.45, 2.75) is 84.3 Å². The molecule has 2 N–H and O–H groups in total. The molecule has 9 heteroatoms. The van der Waals surface area contributed by atoms with Gasteiger partial charge in [-0.05, 0) is 94.9 Å². The second-order valence-electron chi connectivity index (χ2n) is 10.6. The Hall–Kier alpha value is -2.78. The van der Waals surface area contributed by atoms with Crippen LogP contribution < -0.4 is 10.6 Å². The predicted octanol–water partition coefficient (Wildman–Crippen LogP) is 7.05. The highest BCUT2D eigenvalue weighted by Crippen LogP contribution is 2.41. The lowest BCUT2D eigenvalue weighted by Gasteiger charge is -2.21. The van der Waals surface area contributed by atoms with Crippen LogP contribution in [0.5, 0.6) is 0 Å². The fourth-order valence-electron chi connectivity index (χ4n) is 5.10. The summed E-state index contributed by atoms with van der Waals surface area (Å²) in [6.07, 6.45) is 10.9. The van der Waals surface area contributed by atoms with E-state index < -0.39 is 11.6 Å². The molecular weight excluding hydrogens is 509 g/mol. The standard InChI is InChI=1S/C28H32FN3O3S2/c1-28(2,3)35-26(33)23-19-9-5-7-11-22(19)37-25(23)32-27(34)31-15-20-18-8-4-6-10-21(18)36-24(20)16-12-17(29)14-30-13-16/h12-14H,4-11,15H2,1-3H3,(H2,31,32,34). The van der Waals surface area contributed by atoms with Crippen molar-refractivity contribution in [2.24, 2.45) is 0 Å². The third-order valence-corrected chi connectivity index (χ3v) is 9.27. The number of hydrogen-bond donors (Lipinski definition) is 2. The molecule has 2 aliphatic rings. The Bertz CT molecular complexity index is 1340. The first-order valence-electron chi connectivity index (χ1n) is 12.9. The van der Waals surface area contributed by atoms with Crippen molar-refractivity contribution in [3.63, 3.8) is 0 Å². The van der Waals surface area contributed by atoms with Crippen LogP contribution in [0, 0.1) is 5.82 Å². The SMILES string of the molecule is CC(C)(C)OC(=O)c1c(NC(=O)NCc2c(-c3cncc(F)c3)sc3c2CCCC3)sc2c1CCCC2. The van der Waals surface area contributed by atoms with E-state index in [9.17, 15) is 14.0 Å². The Morgan fingerprint density at radius 3 is 2.38 bits per heavy atom. The summed E-state index contributed by atoms with van der Waals surface area (Å²) in [6, 6.07) is 1.12. The van der Waals surface area contributed by atoms with E-state index in [1.54, 1.807) is 17.5 Å². The number of anilines is 1. The first-order chi connectivity index (χ1) is 17.7. The smallest absolute Gasteiger partial charge is 0.341 e. The van der Waals surface area contributed by atoms with Crippen LogP contribution in [0.1, 0.15) is 83.3 Å². The normalized spacial score (nSPS) is 15.0. The van der Waals surface area contributed by atoms with Gasteiger partial charge in [-0.2, -0.15) is 0 Å². The number of nitrogens with one attached hydrogen (secondary N) is 2. The number of carbonyl (C=O) groups excluding carboxylic acids is 2. The largest absolute Gasteiger partial charge is 0.456 e. The summed E-state index contributed by atoms with van der Waals surface area (Å²) in [4.78, 5) is 33.7. The van der Waals surface area contributed by atoms with E-state index >= 15 is 0 Å². The molecule has 3 heterocycles. The van der Waals surface area contributed by atoms with Crippen LogP contribution in [-0.2, 0) is 37.0 Å². The second kappa shape index (κ2) is 10.5. The van der Waals surface area contributed by atoms with E-state index in [0.29, 0.717) is 17.1 Å². The number of pyridine rings is 1. The predicted molar refractivity (Wildman–Crippen MR) is 146 cm³/mol. The van der Waals surface area contributed by atoms with Gasteiger partial charge in [0.1, 0.15) is 16.4 Å². The van der Waals surface area contributed by atoms with E-state index in [-0.39, 0.29) is 11.8 Å². The third-order valence-electron chi connectivity index (χ3n) is 6.67. The first-order valence-corrected chi connectivity index (χ1v) is 14.5. The van der Waals surface area contributed by atoms with Crippen molar-refractivity contribution in [3.8, 4) is 10.4 Å². The average Bonchev–Trinajstić information content (AvgIpc) is 3.39. The zero-order valence-electron chi connectivity index (χ0n) is 21.5. The minimum atomic E-state index is -0.625. The van der Waals surface area contributed by atoms with E-state index in [4.69, 9.17) is 4.74 Å². The quantitative estimate of drug-likeness (QED) is 0.339. The monoisotopic (exact) mass is 541 g/mol. The highest BCUT2D eigenvalue weighted by atomic mass is 32.1. The van der Waals surface area contributed by atoms with Gasteiger partial charge in [-0.15, -0.1) is 22.7 Å². The molecule has 0 aliphatic heterocycles. The number of fused-ring (bicyclic) bond motifs is 2. The molecule has 3 aromatic heterocycles. The maximum absolute atomic E-state index is 14.0. The number of thiophene rings is 2. The third kappa shape index (κ3) is 5.72. The lowest BCUT2D eigenvalue weighted by molar-refractivity contribution is 0.00699. The van der Waals surface area contributed by atoms with Crippen LogP contribution >= 0.6 is 22.7 Å². The molecule has 0 unspecified atom stereocenters. The molecule has 2 aliphatic carbocycles. The maximum Gasteiger partial charge on any atom is 0.341 e. The van der Waals surface area contributed by atoms with Gasteiger partial charge in [0.2, 0.25) is 0 Å². The summed E-state index contributed by atoms with van der Waals surface area (Å²) >= 11 is 3.14. The van der Waals surface area contributed by atoms with Gasteiger partial charge in [0, 0.05) is 32.9 Å². The molecule has 0 saturated heterocycles. The van der Waals surface area contributed by atoms with Crippen molar-refractivity contribution < 1.29 is 18.7 Å². The summed E-state index contributed by atoms with van der Waals surface area (Å²) in [5, 5.41) is 6.49. The Morgan fingerprint density at radius 2 is 1.68 bits per heavy atom. The maximum atomic E-state index is 14.0. The Balaban J connectivity index is 1.38. The lowest BCUT2D eigenvalue weighted by atomic mass is 9.94. The molecule has 5 rings (SSSR count). The number of urea groups is 1. The summed E-state index contributed by atoms with van der Waals surface area (Å²) in [5.41, 5.74) is 3.89. The number of ether oxygens (including phenoxy) is 1. The lowest BCUT2D eigenvalue weighted by Crippen LogP contribution is -2.30. The number of hydrogen-bond acceptors (Lipinski definition) is 6. The molecule has 6 nitrogen and oxygen atoms in total. The van der Waals surface area contributed by atoms with Crippen LogP contribution in [0.2, 0.25) is 0 Å². The van der Waals surface area contributed by atoms with Gasteiger partial charge in [-0.25, -0.2) is 14.0 Å². The Kier molecular flexibility index (Phi) is 7.36. The fraction of sp³-hybridized carbons (Fsp3) is 0.464. The molecule has 196 valence electrons. The number of amides is 2. The van der Waals surface area contributed by atoms with Crippen molar-refractivity contribution in [3.05, 3.63) is 56.3 Å². The molecule has 0 aromatic carbocycles.